The van der Waals surface area contributed by atoms with E-state index in [1.54, 1.807) is 6.92 Å². The molecular formula is C19H21NO2S. The molecule has 23 heavy (non-hydrogen) atoms. The lowest BCUT2D eigenvalue weighted by atomic mass is 10.0. The van der Waals surface area contributed by atoms with Crippen LogP contribution in [0.25, 0.3) is 10.8 Å². The molecule has 2 aromatic rings. The van der Waals surface area contributed by atoms with Crippen LogP contribution >= 0.6 is 11.8 Å². The molecule has 0 radical (unpaired) electrons. The Bertz CT molecular complexity index is 743. The first-order chi connectivity index (χ1) is 11.0. The quantitative estimate of drug-likeness (QED) is 0.851. The van der Waals surface area contributed by atoms with Gasteiger partial charge < -0.3 is 4.90 Å². The van der Waals surface area contributed by atoms with Crippen molar-refractivity contribution in [2.45, 2.75) is 26.3 Å². The van der Waals surface area contributed by atoms with Crippen LogP contribution in [0.15, 0.2) is 42.5 Å². The molecule has 0 N–H and O–H groups in total. The molecule has 2 aromatic carbocycles. The van der Waals surface area contributed by atoms with Crippen LogP contribution in [-0.4, -0.2) is 28.2 Å². The van der Waals surface area contributed by atoms with Crippen molar-refractivity contribution in [3.63, 3.8) is 0 Å². The van der Waals surface area contributed by atoms with Crippen LogP contribution < -0.4 is 0 Å². The van der Waals surface area contributed by atoms with Crippen LogP contribution in [0.1, 0.15) is 31.9 Å². The van der Waals surface area contributed by atoms with Gasteiger partial charge in [-0.05, 0) is 35.2 Å². The summed E-state index contributed by atoms with van der Waals surface area (Å²) in [5.74, 6) is 1.21. The summed E-state index contributed by atoms with van der Waals surface area (Å²) < 4.78 is 0. The number of carbonyl (C=O) groups is 2. The molecule has 0 aliphatic carbocycles. The highest BCUT2D eigenvalue weighted by Crippen LogP contribution is 2.31. The average Bonchev–Trinajstić information content (AvgIpc) is 2.92. The minimum atomic E-state index is 0.0689. The third-order valence-electron chi connectivity index (χ3n) is 4.48. The van der Waals surface area contributed by atoms with E-state index in [4.69, 9.17) is 0 Å². The van der Waals surface area contributed by atoms with E-state index in [9.17, 15) is 9.59 Å². The Balaban J connectivity index is 1.74. The van der Waals surface area contributed by atoms with E-state index in [0.29, 0.717) is 6.42 Å². The van der Waals surface area contributed by atoms with Crippen LogP contribution in [0, 0.1) is 5.92 Å². The Hall–Kier alpha value is -1.81. The van der Waals surface area contributed by atoms with Crippen molar-refractivity contribution >= 4 is 33.6 Å². The number of hydrogen-bond donors (Lipinski definition) is 0. The summed E-state index contributed by atoms with van der Waals surface area (Å²) in [6.07, 6.45) is 0.554. The lowest BCUT2D eigenvalue weighted by Crippen LogP contribution is -2.28. The van der Waals surface area contributed by atoms with Gasteiger partial charge in [-0.25, -0.2) is 0 Å². The number of benzene rings is 2. The van der Waals surface area contributed by atoms with Gasteiger partial charge >= 0.3 is 0 Å². The summed E-state index contributed by atoms with van der Waals surface area (Å²) in [6, 6.07) is 14.7. The fourth-order valence-corrected chi connectivity index (χ4v) is 3.87. The molecule has 2 unspecified atom stereocenters. The van der Waals surface area contributed by atoms with Crippen LogP contribution in [0.3, 0.4) is 0 Å². The number of thioether (sulfide) groups is 1. The predicted octanol–water partition coefficient (Wildman–Crippen LogP) is 4.03. The number of hydrogen-bond acceptors (Lipinski definition) is 3. The molecule has 3 nitrogen and oxygen atoms in total. The Kier molecular flexibility index (Phi) is 4.71. The molecule has 3 rings (SSSR count). The van der Waals surface area contributed by atoms with E-state index in [2.05, 4.69) is 37.3 Å². The van der Waals surface area contributed by atoms with Gasteiger partial charge in [0.15, 0.2) is 5.12 Å². The highest BCUT2D eigenvalue weighted by molar-refractivity contribution is 8.13. The molecule has 0 spiro atoms. The topological polar surface area (TPSA) is 37.4 Å². The van der Waals surface area contributed by atoms with E-state index in [-0.39, 0.29) is 23.0 Å². The molecule has 4 heteroatoms. The largest absolute Gasteiger partial charge is 0.336 e. The summed E-state index contributed by atoms with van der Waals surface area (Å²) in [6.45, 7) is 4.41. The monoisotopic (exact) mass is 327 g/mol. The van der Waals surface area contributed by atoms with Crippen molar-refractivity contribution in [2.75, 3.05) is 12.3 Å². The van der Waals surface area contributed by atoms with Crippen LogP contribution in [0.5, 0.6) is 0 Å². The Morgan fingerprint density at radius 3 is 2.74 bits per heavy atom. The molecule has 0 aromatic heterocycles. The van der Waals surface area contributed by atoms with Crippen LogP contribution in [0.4, 0.5) is 0 Å². The molecular weight excluding hydrogens is 306 g/mol. The molecule has 1 amide bonds. The van der Waals surface area contributed by atoms with E-state index in [1.807, 2.05) is 17.0 Å². The molecule has 0 bridgehead atoms. The minimum absolute atomic E-state index is 0.0689. The SMILES string of the molecule is CC(=O)SCC1CC(=O)N(C(C)c2ccc3ccccc3c2)C1. The second kappa shape index (κ2) is 6.75. The predicted molar refractivity (Wildman–Crippen MR) is 95.3 cm³/mol. The van der Waals surface area contributed by atoms with Crippen molar-refractivity contribution in [2.24, 2.45) is 5.92 Å². The van der Waals surface area contributed by atoms with Crippen molar-refractivity contribution in [1.29, 1.82) is 0 Å². The fourth-order valence-electron chi connectivity index (χ4n) is 3.18. The highest BCUT2D eigenvalue weighted by atomic mass is 32.2. The second-order valence-electron chi connectivity index (χ2n) is 6.20. The smallest absolute Gasteiger partial charge is 0.223 e. The molecule has 1 heterocycles. The third-order valence-corrected chi connectivity index (χ3v) is 5.53. The Morgan fingerprint density at radius 1 is 1.26 bits per heavy atom. The third kappa shape index (κ3) is 3.58. The molecule has 1 saturated heterocycles. The average molecular weight is 327 g/mol. The van der Waals surface area contributed by atoms with Gasteiger partial charge in [-0.2, -0.15) is 0 Å². The fraction of sp³-hybridized carbons (Fsp3) is 0.368. The standard InChI is InChI=1S/C19H21NO2S/c1-13(17-8-7-16-5-3-4-6-18(16)10-17)20-11-15(9-19(20)22)12-23-14(2)21/h3-8,10,13,15H,9,11-12H2,1-2H3. The molecule has 2 atom stereocenters. The molecule has 1 aliphatic heterocycles. The highest BCUT2D eigenvalue weighted by Gasteiger charge is 2.33. The summed E-state index contributed by atoms with van der Waals surface area (Å²) in [5.41, 5.74) is 1.16. The number of rotatable bonds is 4. The van der Waals surface area contributed by atoms with Gasteiger partial charge in [0.05, 0.1) is 6.04 Å². The maximum atomic E-state index is 12.3. The zero-order valence-corrected chi connectivity index (χ0v) is 14.3. The normalized spacial score (nSPS) is 19.3. The maximum Gasteiger partial charge on any atom is 0.223 e. The van der Waals surface area contributed by atoms with E-state index in [0.717, 1.165) is 17.9 Å². The summed E-state index contributed by atoms with van der Waals surface area (Å²) in [5, 5.41) is 2.54. The maximum absolute atomic E-state index is 12.3. The lowest BCUT2D eigenvalue weighted by molar-refractivity contribution is -0.129. The van der Waals surface area contributed by atoms with E-state index >= 15 is 0 Å². The number of carbonyl (C=O) groups excluding carboxylic acids is 2. The zero-order valence-electron chi connectivity index (χ0n) is 13.5. The van der Waals surface area contributed by atoms with Gasteiger partial charge in [-0.1, -0.05) is 48.2 Å². The summed E-state index contributed by atoms with van der Waals surface area (Å²) in [7, 11) is 0. The van der Waals surface area contributed by atoms with Gasteiger partial charge in [0.1, 0.15) is 0 Å². The first kappa shape index (κ1) is 16.1. The Morgan fingerprint density at radius 2 is 2.00 bits per heavy atom. The van der Waals surface area contributed by atoms with Gasteiger partial charge in [0.25, 0.3) is 0 Å². The summed E-state index contributed by atoms with van der Waals surface area (Å²) >= 11 is 1.32. The van der Waals surface area contributed by atoms with Gasteiger partial charge in [-0.3, -0.25) is 9.59 Å². The molecule has 1 fully saturated rings. The van der Waals surface area contributed by atoms with Crippen molar-refractivity contribution in [3.8, 4) is 0 Å². The summed E-state index contributed by atoms with van der Waals surface area (Å²) in [4.78, 5) is 25.4. The van der Waals surface area contributed by atoms with E-state index in [1.165, 1.54) is 22.5 Å². The van der Waals surface area contributed by atoms with Crippen molar-refractivity contribution in [3.05, 3.63) is 48.0 Å². The molecule has 0 saturated carbocycles. The first-order valence-corrected chi connectivity index (χ1v) is 8.94. The second-order valence-corrected chi connectivity index (χ2v) is 7.40. The van der Waals surface area contributed by atoms with E-state index < -0.39 is 0 Å². The van der Waals surface area contributed by atoms with Gasteiger partial charge in [0, 0.05) is 25.6 Å². The first-order valence-electron chi connectivity index (χ1n) is 7.96. The van der Waals surface area contributed by atoms with Crippen LogP contribution in [-0.2, 0) is 9.59 Å². The van der Waals surface area contributed by atoms with Gasteiger partial charge in [0.2, 0.25) is 5.91 Å². The number of nitrogens with zero attached hydrogens (tertiary/aromatic N) is 1. The minimum Gasteiger partial charge on any atom is -0.336 e. The zero-order chi connectivity index (χ0) is 16.4. The Labute approximate surface area is 141 Å². The number of amides is 1. The van der Waals surface area contributed by atoms with Crippen LogP contribution in [0.2, 0.25) is 0 Å². The molecule has 120 valence electrons. The number of likely N-dealkylation sites (tertiary alicyclic amines) is 1. The molecule has 1 aliphatic rings. The van der Waals surface area contributed by atoms with Crippen molar-refractivity contribution < 1.29 is 9.59 Å². The number of fused-ring (bicyclic) bond motifs is 1. The lowest BCUT2D eigenvalue weighted by Gasteiger charge is -2.25. The van der Waals surface area contributed by atoms with Crippen molar-refractivity contribution in [1.82, 2.24) is 4.90 Å². The van der Waals surface area contributed by atoms with Gasteiger partial charge in [-0.15, -0.1) is 0 Å².